The van der Waals surface area contributed by atoms with Crippen LogP contribution in [0.4, 0.5) is 0 Å². The number of hydrogen-bond donors (Lipinski definition) is 0. The van der Waals surface area contributed by atoms with Gasteiger partial charge in [0.1, 0.15) is 5.82 Å². The SMILES string of the molecule is C/C=C/C(=O)N1CCCC(c2nc(C)ncc2-c2ccncc2)C1. The van der Waals surface area contributed by atoms with Crippen LogP contribution < -0.4 is 0 Å². The molecule has 2 aromatic rings. The van der Waals surface area contributed by atoms with Crippen LogP contribution in [-0.4, -0.2) is 38.8 Å². The first-order chi connectivity index (χ1) is 11.7. The third kappa shape index (κ3) is 3.50. The molecule has 124 valence electrons. The zero-order valence-corrected chi connectivity index (χ0v) is 14.1. The number of allylic oxidation sites excluding steroid dienone is 1. The van der Waals surface area contributed by atoms with Gasteiger partial charge < -0.3 is 4.90 Å². The Morgan fingerprint density at radius 3 is 2.88 bits per heavy atom. The molecule has 0 aliphatic carbocycles. The molecule has 0 aromatic carbocycles. The number of aryl methyl sites for hydroxylation is 1. The van der Waals surface area contributed by atoms with Crippen LogP contribution in [-0.2, 0) is 4.79 Å². The standard InChI is InChI=1S/C19H22N4O/c1-3-5-18(24)23-11-4-6-16(13-23)19-17(12-21-14(2)22-19)15-7-9-20-10-8-15/h3,5,7-10,12,16H,4,6,11,13H2,1-2H3/b5-3+. The van der Waals surface area contributed by atoms with Gasteiger partial charge in [-0.25, -0.2) is 9.97 Å². The molecule has 3 heterocycles. The van der Waals surface area contributed by atoms with Crippen LogP contribution in [0.5, 0.6) is 0 Å². The Bertz CT molecular complexity index is 742. The number of hydrogen-bond acceptors (Lipinski definition) is 4. The van der Waals surface area contributed by atoms with Crippen LogP contribution in [0.3, 0.4) is 0 Å². The Hall–Kier alpha value is -2.56. The molecule has 1 aliphatic heterocycles. The second-order valence-corrected chi connectivity index (χ2v) is 6.08. The fraction of sp³-hybridized carbons (Fsp3) is 0.368. The number of aromatic nitrogens is 3. The van der Waals surface area contributed by atoms with E-state index in [0.717, 1.165) is 42.0 Å². The smallest absolute Gasteiger partial charge is 0.246 e. The minimum atomic E-state index is 0.0819. The second kappa shape index (κ2) is 7.34. The minimum absolute atomic E-state index is 0.0819. The van der Waals surface area contributed by atoms with Crippen molar-refractivity contribution in [3.8, 4) is 11.1 Å². The molecular formula is C19H22N4O. The van der Waals surface area contributed by atoms with Gasteiger partial charge in [-0.05, 0) is 50.5 Å². The maximum Gasteiger partial charge on any atom is 0.246 e. The normalized spacial score (nSPS) is 18.1. The lowest BCUT2D eigenvalue weighted by Crippen LogP contribution is -2.38. The first-order valence-corrected chi connectivity index (χ1v) is 8.34. The summed E-state index contributed by atoms with van der Waals surface area (Å²) in [7, 11) is 0. The van der Waals surface area contributed by atoms with Gasteiger partial charge in [0, 0.05) is 43.2 Å². The van der Waals surface area contributed by atoms with Crippen molar-refractivity contribution in [2.24, 2.45) is 0 Å². The largest absolute Gasteiger partial charge is 0.339 e. The van der Waals surface area contributed by atoms with E-state index in [9.17, 15) is 4.79 Å². The Morgan fingerprint density at radius 2 is 2.12 bits per heavy atom. The highest BCUT2D eigenvalue weighted by atomic mass is 16.2. The quantitative estimate of drug-likeness (QED) is 0.815. The van der Waals surface area contributed by atoms with E-state index >= 15 is 0 Å². The maximum absolute atomic E-state index is 12.2. The van der Waals surface area contributed by atoms with Gasteiger partial charge in [0.25, 0.3) is 0 Å². The molecule has 0 bridgehead atoms. The molecule has 0 N–H and O–H groups in total. The van der Waals surface area contributed by atoms with Crippen molar-refractivity contribution in [3.05, 3.63) is 54.4 Å². The average molecular weight is 322 g/mol. The summed E-state index contributed by atoms with van der Waals surface area (Å²) in [5.41, 5.74) is 3.14. The highest BCUT2D eigenvalue weighted by Crippen LogP contribution is 2.32. The van der Waals surface area contributed by atoms with E-state index in [2.05, 4.69) is 9.97 Å². The third-order valence-electron chi connectivity index (χ3n) is 4.36. The van der Waals surface area contributed by atoms with E-state index in [4.69, 9.17) is 4.98 Å². The van der Waals surface area contributed by atoms with E-state index in [0.29, 0.717) is 6.54 Å². The summed E-state index contributed by atoms with van der Waals surface area (Å²) in [4.78, 5) is 27.3. The molecule has 1 atom stereocenters. The summed E-state index contributed by atoms with van der Waals surface area (Å²) < 4.78 is 0. The number of carbonyl (C=O) groups is 1. The van der Waals surface area contributed by atoms with E-state index in [-0.39, 0.29) is 11.8 Å². The van der Waals surface area contributed by atoms with Crippen molar-refractivity contribution in [2.75, 3.05) is 13.1 Å². The van der Waals surface area contributed by atoms with Gasteiger partial charge in [0.05, 0.1) is 5.69 Å². The van der Waals surface area contributed by atoms with E-state index in [1.807, 2.05) is 37.1 Å². The summed E-state index contributed by atoms with van der Waals surface area (Å²) >= 11 is 0. The van der Waals surface area contributed by atoms with Crippen molar-refractivity contribution in [1.82, 2.24) is 19.9 Å². The van der Waals surface area contributed by atoms with Gasteiger partial charge in [-0.3, -0.25) is 9.78 Å². The Balaban J connectivity index is 1.93. The van der Waals surface area contributed by atoms with Gasteiger partial charge in [-0.1, -0.05) is 6.08 Å². The molecule has 1 saturated heterocycles. The maximum atomic E-state index is 12.2. The number of carbonyl (C=O) groups excluding carboxylic acids is 1. The van der Waals surface area contributed by atoms with Gasteiger partial charge in [0.15, 0.2) is 0 Å². The zero-order chi connectivity index (χ0) is 16.9. The average Bonchev–Trinajstić information content (AvgIpc) is 2.63. The number of rotatable bonds is 3. The molecule has 0 spiro atoms. The first kappa shape index (κ1) is 16.3. The van der Waals surface area contributed by atoms with Gasteiger partial charge in [0.2, 0.25) is 5.91 Å². The predicted octanol–water partition coefficient (Wildman–Crippen LogP) is 3.13. The van der Waals surface area contributed by atoms with Crippen molar-refractivity contribution in [3.63, 3.8) is 0 Å². The van der Waals surface area contributed by atoms with Crippen LogP contribution in [0.15, 0.2) is 42.9 Å². The van der Waals surface area contributed by atoms with Crippen molar-refractivity contribution < 1.29 is 4.79 Å². The monoisotopic (exact) mass is 322 g/mol. The van der Waals surface area contributed by atoms with Gasteiger partial charge in [-0.2, -0.15) is 0 Å². The molecule has 3 rings (SSSR count). The van der Waals surface area contributed by atoms with Crippen LogP contribution in [0, 0.1) is 6.92 Å². The van der Waals surface area contributed by atoms with Crippen LogP contribution >= 0.6 is 0 Å². The van der Waals surface area contributed by atoms with E-state index < -0.39 is 0 Å². The Labute approximate surface area is 142 Å². The number of pyridine rings is 1. The molecular weight excluding hydrogens is 300 g/mol. The molecule has 1 fully saturated rings. The molecule has 1 aliphatic rings. The summed E-state index contributed by atoms with van der Waals surface area (Å²) in [6, 6.07) is 3.95. The van der Waals surface area contributed by atoms with Crippen molar-refractivity contribution in [2.45, 2.75) is 32.6 Å². The summed E-state index contributed by atoms with van der Waals surface area (Å²) in [6.07, 6.45) is 10.9. The van der Waals surface area contributed by atoms with Gasteiger partial charge in [-0.15, -0.1) is 0 Å². The predicted molar refractivity (Wildman–Crippen MR) is 93.4 cm³/mol. The molecule has 5 heteroatoms. The van der Waals surface area contributed by atoms with Crippen molar-refractivity contribution >= 4 is 5.91 Å². The van der Waals surface area contributed by atoms with Crippen molar-refractivity contribution in [1.29, 1.82) is 0 Å². The van der Waals surface area contributed by atoms with Crippen LogP contribution in [0.1, 0.15) is 37.2 Å². The highest BCUT2D eigenvalue weighted by molar-refractivity contribution is 5.87. The second-order valence-electron chi connectivity index (χ2n) is 6.08. The number of piperidine rings is 1. The fourth-order valence-corrected chi connectivity index (χ4v) is 3.20. The van der Waals surface area contributed by atoms with Gasteiger partial charge >= 0.3 is 0 Å². The van der Waals surface area contributed by atoms with E-state index in [1.165, 1.54) is 0 Å². The summed E-state index contributed by atoms with van der Waals surface area (Å²) in [5, 5.41) is 0. The molecule has 2 aromatic heterocycles. The van der Waals surface area contributed by atoms with Crippen LogP contribution in [0.25, 0.3) is 11.1 Å². The highest BCUT2D eigenvalue weighted by Gasteiger charge is 2.27. The zero-order valence-electron chi connectivity index (χ0n) is 14.1. The first-order valence-electron chi connectivity index (χ1n) is 8.34. The lowest BCUT2D eigenvalue weighted by atomic mass is 9.90. The topological polar surface area (TPSA) is 59.0 Å². The molecule has 1 unspecified atom stereocenters. The van der Waals surface area contributed by atoms with E-state index in [1.54, 1.807) is 24.5 Å². The molecule has 24 heavy (non-hydrogen) atoms. The fourth-order valence-electron chi connectivity index (χ4n) is 3.20. The lowest BCUT2D eigenvalue weighted by molar-refractivity contribution is -0.127. The lowest BCUT2D eigenvalue weighted by Gasteiger charge is -2.32. The third-order valence-corrected chi connectivity index (χ3v) is 4.36. The summed E-state index contributed by atoms with van der Waals surface area (Å²) in [6.45, 7) is 5.30. The number of likely N-dealkylation sites (tertiary alicyclic amines) is 1. The summed E-state index contributed by atoms with van der Waals surface area (Å²) in [5.74, 6) is 1.08. The Morgan fingerprint density at radius 1 is 1.33 bits per heavy atom. The Kier molecular flexibility index (Phi) is 4.99. The molecule has 1 amide bonds. The number of amides is 1. The molecule has 0 radical (unpaired) electrons. The number of nitrogens with zero attached hydrogens (tertiary/aromatic N) is 4. The molecule has 0 saturated carbocycles. The minimum Gasteiger partial charge on any atom is -0.339 e. The van der Waals surface area contributed by atoms with Crippen LogP contribution in [0.2, 0.25) is 0 Å². The molecule has 5 nitrogen and oxygen atoms in total.